The number of amides is 1. The lowest BCUT2D eigenvalue weighted by Crippen LogP contribution is -2.36. The van der Waals surface area contributed by atoms with Gasteiger partial charge in [-0.05, 0) is 37.1 Å². The van der Waals surface area contributed by atoms with Gasteiger partial charge >= 0.3 is 0 Å². The summed E-state index contributed by atoms with van der Waals surface area (Å²) in [6.07, 6.45) is 5.79. The number of para-hydroxylation sites is 1. The highest BCUT2D eigenvalue weighted by Gasteiger charge is 2.19. The Labute approximate surface area is 158 Å². The number of benzene rings is 2. The van der Waals surface area contributed by atoms with E-state index in [4.69, 9.17) is 16.6 Å². The van der Waals surface area contributed by atoms with Gasteiger partial charge in [-0.1, -0.05) is 61.2 Å². The quantitative estimate of drug-likeness (QED) is 0.655. The summed E-state index contributed by atoms with van der Waals surface area (Å²) in [5.41, 5.74) is 3.25. The van der Waals surface area contributed by atoms with Crippen LogP contribution in [0.5, 0.6) is 0 Å². The lowest BCUT2D eigenvalue weighted by molar-refractivity contribution is 0.0929. The molecule has 1 amide bonds. The van der Waals surface area contributed by atoms with E-state index < -0.39 is 0 Å². The highest BCUT2D eigenvalue weighted by Crippen LogP contribution is 2.26. The van der Waals surface area contributed by atoms with Gasteiger partial charge in [0.05, 0.1) is 16.8 Å². The third-order valence-corrected chi connectivity index (χ3v) is 5.29. The molecule has 3 nitrogen and oxygen atoms in total. The average Bonchev–Trinajstić information content (AvgIpc) is 2.68. The van der Waals surface area contributed by atoms with Crippen molar-refractivity contribution < 1.29 is 4.79 Å². The van der Waals surface area contributed by atoms with Gasteiger partial charge in [-0.2, -0.15) is 0 Å². The van der Waals surface area contributed by atoms with Crippen LogP contribution in [-0.4, -0.2) is 16.9 Å². The molecule has 1 aliphatic carbocycles. The minimum Gasteiger partial charge on any atom is -0.349 e. The maximum absolute atomic E-state index is 13.0. The number of carbonyl (C=O) groups is 1. The smallest absolute Gasteiger partial charge is 0.252 e. The van der Waals surface area contributed by atoms with Crippen LogP contribution in [-0.2, 0) is 0 Å². The molecule has 1 fully saturated rings. The number of aromatic nitrogens is 1. The van der Waals surface area contributed by atoms with Crippen LogP contribution in [0.3, 0.4) is 0 Å². The molecule has 0 atom stereocenters. The van der Waals surface area contributed by atoms with Crippen LogP contribution in [0, 0.1) is 0 Å². The molecule has 0 spiro atoms. The number of rotatable bonds is 3. The Morgan fingerprint density at radius 2 is 1.73 bits per heavy atom. The summed E-state index contributed by atoms with van der Waals surface area (Å²) in [7, 11) is 0. The molecular formula is C22H21ClN2O. The van der Waals surface area contributed by atoms with Crippen molar-refractivity contribution in [1.29, 1.82) is 0 Å². The molecule has 0 aliphatic heterocycles. The van der Waals surface area contributed by atoms with E-state index >= 15 is 0 Å². The maximum atomic E-state index is 13.0. The van der Waals surface area contributed by atoms with Gasteiger partial charge in [-0.3, -0.25) is 4.79 Å². The summed E-state index contributed by atoms with van der Waals surface area (Å²) < 4.78 is 0. The van der Waals surface area contributed by atoms with Gasteiger partial charge in [0.2, 0.25) is 0 Å². The largest absolute Gasteiger partial charge is 0.349 e. The minimum atomic E-state index is -0.00860. The van der Waals surface area contributed by atoms with Gasteiger partial charge < -0.3 is 5.32 Å². The van der Waals surface area contributed by atoms with Crippen LogP contribution in [0.15, 0.2) is 54.6 Å². The predicted molar refractivity (Wildman–Crippen MR) is 107 cm³/mol. The third kappa shape index (κ3) is 3.58. The number of halogens is 1. The molecule has 26 heavy (non-hydrogen) atoms. The number of hydrogen-bond acceptors (Lipinski definition) is 2. The van der Waals surface area contributed by atoms with Crippen molar-refractivity contribution in [2.45, 2.75) is 38.1 Å². The molecule has 1 aliphatic rings. The van der Waals surface area contributed by atoms with Crippen LogP contribution < -0.4 is 5.32 Å². The number of hydrogen-bond donors (Lipinski definition) is 1. The second-order valence-corrected chi connectivity index (χ2v) is 7.32. The summed E-state index contributed by atoms with van der Waals surface area (Å²) in [6.45, 7) is 0. The van der Waals surface area contributed by atoms with E-state index in [-0.39, 0.29) is 11.9 Å². The van der Waals surface area contributed by atoms with Gasteiger partial charge in [-0.15, -0.1) is 0 Å². The summed E-state index contributed by atoms with van der Waals surface area (Å²) >= 11 is 6.00. The molecule has 3 aromatic rings. The SMILES string of the molecule is O=C(NC1CCCCC1)c1cc(-c2ccc(Cl)cc2)nc2ccccc12. The van der Waals surface area contributed by atoms with E-state index in [1.165, 1.54) is 19.3 Å². The lowest BCUT2D eigenvalue weighted by atomic mass is 9.95. The van der Waals surface area contributed by atoms with Gasteiger partial charge in [0, 0.05) is 22.0 Å². The van der Waals surface area contributed by atoms with Crippen LogP contribution in [0.4, 0.5) is 0 Å². The Morgan fingerprint density at radius 3 is 2.50 bits per heavy atom. The average molecular weight is 365 g/mol. The van der Waals surface area contributed by atoms with Crippen LogP contribution in [0.25, 0.3) is 22.2 Å². The fourth-order valence-corrected chi connectivity index (χ4v) is 3.77. The summed E-state index contributed by atoms with van der Waals surface area (Å²) in [6, 6.07) is 17.5. The second-order valence-electron chi connectivity index (χ2n) is 6.89. The zero-order chi connectivity index (χ0) is 17.9. The zero-order valence-electron chi connectivity index (χ0n) is 14.5. The van der Waals surface area contributed by atoms with Crippen LogP contribution in [0.2, 0.25) is 5.02 Å². The molecule has 1 N–H and O–H groups in total. The Hall–Kier alpha value is -2.39. The Bertz CT molecular complexity index is 931. The van der Waals surface area contributed by atoms with Crippen molar-refractivity contribution in [2.24, 2.45) is 0 Å². The normalized spacial score (nSPS) is 15.1. The van der Waals surface area contributed by atoms with Crippen LogP contribution in [0.1, 0.15) is 42.5 Å². The van der Waals surface area contributed by atoms with Crippen molar-refractivity contribution >= 4 is 28.4 Å². The molecule has 0 unspecified atom stereocenters. The van der Waals surface area contributed by atoms with Crippen LogP contribution >= 0.6 is 11.6 Å². The molecule has 0 bridgehead atoms. The lowest BCUT2D eigenvalue weighted by Gasteiger charge is -2.23. The van der Waals surface area contributed by atoms with Gasteiger partial charge in [-0.25, -0.2) is 4.98 Å². The minimum absolute atomic E-state index is 0.00860. The molecular weight excluding hydrogens is 344 g/mol. The fraction of sp³-hybridized carbons (Fsp3) is 0.273. The number of fused-ring (bicyclic) bond motifs is 1. The van der Waals surface area contributed by atoms with Gasteiger partial charge in [0.15, 0.2) is 0 Å². The highest BCUT2D eigenvalue weighted by atomic mass is 35.5. The third-order valence-electron chi connectivity index (χ3n) is 5.04. The number of nitrogens with one attached hydrogen (secondary N) is 1. The topological polar surface area (TPSA) is 42.0 Å². The first-order chi connectivity index (χ1) is 12.7. The van der Waals surface area contributed by atoms with Crippen molar-refractivity contribution in [3.63, 3.8) is 0 Å². The first kappa shape index (κ1) is 17.0. The summed E-state index contributed by atoms with van der Waals surface area (Å²) in [5.74, 6) is -0.00860. The molecule has 1 heterocycles. The van der Waals surface area contributed by atoms with E-state index in [2.05, 4.69) is 5.32 Å². The maximum Gasteiger partial charge on any atom is 0.252 e. The Morgan fingerprint density at radius 1 is 1.00 bits per heavy atom. The van der Waals surface area contributed by atoms with Crippen molar-refractivity contribution in [3.8, 4) is 11.3 Å². The Balaban J connectivity index is 1.74. The van der Waals surface area contributed by atoms with E-state index in [0.717, 1.165) is 35.0 Å². The number of carbonyl (C=O) groups excluding carboxylic acids is 1. The monoisotopic (exact) mass is 364 g/mol. The fourth-order valence-electron chi connectivity index (χ4n) is 3.64. The molecule has 132 valence electrons. The molecule has 4 heteroatoms. The van der Waals surface area contributed by atoms with Crippen molar-refractivity contribution in [1.82, 2.24) is 10.3 Å². The van der Waals surface area contributed by atoms with E-state index in [0.29, 0.717) is 10.6 Å². The number of nitrogens with zero attached hydrogens (tertiary/aromatic N) is 1. The molecule has 0 saturated heterocycles. The summed E-state index contributed by atoms with van der Waals surface area (Å²) in [4.78, 5) is 17.7. The first-order valence-electron chi connectivity index (χ1n) is 9.17. The molecule has 1 saturated carbocycles. The Kier molecular flexibility index (Phi) is 4.89. The number of pyridine rings is 1. The molecule has 2 aromatic carbocycles. The first-order valence-corrected chi connectivity index (χ1v) is 9.55. The molecule has 4 rings (SSSR count). The zero-order valence-corrected chi connectivity index (χ0v) is 15.3. The summed E-state index contributed by atoms with van der Waals surface area (Å²) in [5, 5.41) is 4.80. The molecule has 0 radical (unpaired) electrons. The predicted octanol–water partition coefficient (Wildman–Crippen LogP) is 5.62. The standard InChI is InChI=1S/C22H21ClN2O/c23-16-12-10-15(11-13-16)21-14-19(18-8-4-5-9-20(18)25-21)22(26)24-17-6-2-1-3-7-17/h4-5,8-14,17H,1-3,6-7H2,(H,24,26). The van der Waals surface area contributed by atoms with E-state index in [9.17, 15) is 4.79 Å². The second kappa shape index (κ2) is 7.46. The van der Waals surface area contributed by atoms with E-state index in [1.807, 2.05) is 54.6 Å². The van der Waals surface area contributed by atoms with Gasteiger partial charge in [0.1, 0.15) is 0 Å². The highest BCUT2D eigenvalue weighted by molar-refractivity contribution is 6.30. The molecule has 1 aromatic heterocycles. The van der Waals surface area contributed by atoms with Crippen molar-refractivity contribution in [3.05, 3.63) is 65.2 Å². The van der Waals surface area contributed by atoms with E-state index in [1.54, 1.807) is 0 Å². The van der Waals surface area contributed by atoms with Gasteiger partial charge in [0.25, 0.3) is 5.91 Å². The van der Waals surface area contributed by atoms with Crippen molar-refractivity contribution in [2.75, 3.05) is 0 Å².